The fourth-order valence-corrected chi connectivity index (χ4v) is 2.27. The van der Waals surface area contributed by atoms with E-state index >= 15 is 0 Å². The van der Waals surface area contributed by atoms with E-state index in [1.165, 1.54) is 0 Å². The van der Waals surface area contributed by atoms with Gasteiger partial charge in [0.1, 0.15) is 18.5 Å². The van der Waals surface area contributed by atoms with Gasteiger partial charge in [0.25, 0.3) is 5.89 Å². The molecule has 1 fully saturated rings. The third-order valence-electron chi connectivity index (χ3n) is 3.41. The van der Waals surface area contributed by atoms with Crippen molar-refractivity contribution in [2.45, 2.75) is 12.3 Å². The van der Waals surface area contributed by atoms with Crippen LogP contribution in [0.2, 0.25) is 0 Å². The Hall–Kier alpha value is -2.61. The minimum atomic E-state index is 0.224. The van der Waals surface area contributed by atoms with E-state index < -0.39 is 0 Å². The van der Waals surface area contributed by atoms with Gasteiger partial charge in [0.15, 0.2) is 5.82 Å². The van der Waals surface area contributed by atoms with Gasteiger partial charge in [-0.25, -0.2) is 4.98 Å². The fraction of sp³-hybridized carbons (Fsp3) is 0.308. The number of hydrogen-bond acceptors (Lipinski definition) is 7. The Balaban J connectivity index is 1.65. The molecule has 4 rings (SSSR count). The summed E-state index contributed by atoms with van der Waals surface area (Å²) in [6.07, 6.45) is 5.79. The monoisotopic (exact) mass is 284 g/mol. The van der Waals surface area contributed by atoms with Crippen LogP contribution < -0.4 is 0 Å². The molecule has 4 heterocycles. The smallest absolute Gasteiger partial charge is 0.258 e. The van der Waals surface area contributed by atoms with Gasteiger partial charge < -0.3 is 9.26 Å². The highest BCUT2D eigenvalue weighted by Crippen LogP contribution is 2.25. The Kier molecular flexibility index (Phi) is 2.93. The van der Waals surface area contributed by atoms with Crippen LogP contribution in [0.1, 0.15) is 18.2 Å². The molecule has 3 aromatic heterocycles. The van der Waals surface area contributed by atoms with Crippen molar-refractivity contribution in [2.24, 2.45) is 0 Å². The van der Waals surface area contributed by atoms with Crippen molar-refractivity contribution in [3.63, 3.8) is 0 Å². The van der Waals surface area contributed by atoms with Gasteiger partial charge in [-0.2, -0.15) is 4.98 Å². The Morgan fingerprint density at radius 1 is 1.24 bits per heavy atom. The Morgan fingerprint density at radius 2 is 2.14 bits per heavy atom. The average Bonchev–Trinajstić information content (AvgIpc) is 3.26. The lowest BCUT2D eigenvalue weighted by Gasteiger charge is -2.01. The quantitative estimate of drug-likeness (QED) is 0.713. The van der Waals surface area contributed by atoms with Crippen molar-refractivity contribution in [1.82, 2.24) is 29.9 Å². The summed E-state index contributed by atoms with van der Waals surface area (Å²) in [4.78, 5) is 8.72. The normalized spacial score (nSPS) is 18.2. The molecule has 21 heavy (non-hydrogen) atoms. The number of rotatable bonds is 3. The van der Waals surface area contributed by atoms with Crippen molar-refractivity contribution >= 4 is 0 Å². The van der Waals surface area contributed by atoms with Gasteiger partial charge in [-0.1, -0.05) is 5.16 Å². The predicted octanol–water partition coefficient (Wildman–Crippen LogP) is 1.22. The highest BCUT2D eigenvalue weighted by molar-refractivity contribution is 5.55. The maximum absolute atomic E-state index is 5.35. The van der Waals surface area contributed by atoms with Gasteiger partial charge in [0.05, 0.1) is 6.61 Å². The first-order valence-corrected chi connectivity index (χ1v) is 6.63. The zero-order chi connectivity index (χ0) is 14.1. The van der Waals surface area contributed by atoms with E-state index in [1.807, 2.05) is 12.1 Å². The summed E-state index contributed by atoms with van der Waals surface area (Å²) in [5.41, 5.74) is 0.811. The van der Waals surface area contributed by atoms with Gasteiger partial charge in [-0.15, -0.1) is 10.2 Å². The zero-order valence-corrected chi connectivity index (χ0v) is 11.1. The van der Waals surface area contributed by atoms with Gasteiger partial charge in [0, 0.05) is 24.3 Å². The summed E-state index contributed by atoms with van der Waals surface area (Å²) < 4.78 is 12.4. The molecule has 0 bridgehead atoms. The maximum atomic E-state index is 5.35. The van der Waals surface area contributed by atoms with Crippen molar-refractivity contribution in [2.75, 3.05) is 13.2 Å². The molecule has 1 saturated heterocycles. The fourth-order valence-electron chi connectivity index (χ4n) is 2.27. The SMILES string of the molecule is c1cc(-c2nc([C@H]3CCOC3)no2)cc(-n2cnnc2)n1. The van der Waals surface area contributed by atoms with E-state index in [4.69, 9.17) is 9.26 Å². The molecule has 8 heteroatoms. The Morgan fingerprint density at radius 3 is 2.95 bits per heavy atom. The molecule has 1 aliphatic rings. The average molecular weight is 284 g/mol. The second-order valence-electron chi connectivity index (χ2n) is 4.79. The highest BCUT2D eigenvalue weighted by Gasteiger charge is 2.23. The second-order valence-corrected chi connectivity index (χ2v) is 4.79. The van der Waals surface area contributed by atoms with Crippen LogP contribution in [0.4, 0.5) is 0 Å². The van der Waals surface area contributed by atoms with Gasteiger partial charge in [-0.05, 0) is 18.6 Å². The number of pyridine rings is 1. The first kappa shape index (κ1) is 12.2. The molecule has 106 valence electrons. The van der Waals surface area contributed by atoms with Crippen LogP contribution in [0.3, 0.4) is 0 Å². The van der Waals surface area contributed by atoms with E-state index in [0.717, 1.165) is 18.6 Å². The van der Waals surface area contributed by atoms with Gasteiger partial charge >= 0.3 is 0 Å². The summed E-state index contributed by atoms with van der Waals surface area (Å²) >= 11 is 0. The van der Waals surface area contributed by atoms with Crippen molar-refractivity contribution < 1.29 is 9.26 Å². The van der Waals surface area contributed by atoms with E-state index in [0.29, 0.717) is 24.1 Å². The largest absolute Gasteiger partial charge is 0.381 e. The Labute approximate surface area is 119 Å². The lowest BCUT2D eigenvalue weighted by atomic mass is 10.1. The molecule has 0 amide bonds. The molecule has 0 saturated carbocycles. The molecular weight excluding hydrogens is 272 g/mol. The molecule has 3 aromatic rings. The van der Waals surface area contributed by atoms with Crippen LogP contribution in [0, 0.1) is 0 Å². The highest BCUT2D eigenvalue weighted by atomic mass is 16.5. The molecule has 0 unspecified atom stereocenters. The predicted molar refractivity (Wildman–Crippen MR) is 70.6 cm³/mol. The van der Waals surface area contributed by atoms with Crippen LogP contribution in [0.5, 0.6) is 0 Å². The number of aromatic nitrogens is 6. The molecule has 0 aromatic carbocycles. The van der Waals surface area contributed by atoms with Crippen LogP contribution in [-0.4, -0.2) is 43.1 Å². The molecule has 1 atom stereocenters. The summed E-state index contributed by atoms with van der Waals surface area (Å²) in [5.74, 6) is 2.10. The summed E-state index contributed by atoms with van der Waals surface area (Å²) in [7, 11) is 0. The minimum Gasteiger partial charge on any atom is -0.381 e. The Bertz CT molecular complexity index is 733. The number of hydrogen-bond donors (Lipinski definition) is 0. The third kappa shape index (κ3) is 2.29. The number of nitrogens with zero attached hydrogens (tertiary/aromatic N) is 6. The van der Waals surface area contributed by atoms with Crippen molar-refractivity contribution in [1.29, 1.82) is 0 Å². The molecule has 0 aliphatic carbocycles. The molecular formula is C13H12N6O2. The lowest BCUT2D eigenvalue weighted by molar-refractivity contribution is 0.192. The zero-order valence-electron chi connectivity index (χ0n) is 11.1. The van der Waals surface area contributed by atoms with Crippen LogP contribution in [0.15, 0.2) is 35.5 Å². The molecule has 8 nitrogen and oxygen atoms in total. The van der Waals surface area contributed by atoms with E-state index in [1.54, 1.807) is 23.4 Å². The summed E-state index contributed by atoms with van der Waals surface area (Å²) in [6.45, 7) is 1.41. The standard InChI is InChI=1S/C13H12N6O2/c1-3-14-11(19-7-15-16-8-19)5-9(1)13-17-12(18-21-13)10-2-4-20-6-10/h1,3,5,7-8,10H,2,4,6H2/t10-/m0/s1. The van der Waals surface area contributed by atoms with Crippen molar-refractivity contribution in [3.8, 4) is 17.3 Å². The lowest BCUT2D eigenvalue weighted by Crippen LogP contribution is -1.99. The van der Waals surface area contributed by atoms with Crippen LogP contribution in [-0.2, 0) is 4.74 Å². The summed E-state index contributed by atoms with van der Waals surface area (Å²) in [5, 5.41) is 11.6. The minimum absolute atomic E-state index is 0.224. The second kappa shape index (κ2) is 5.06. The molecule has 0 radical (unpaired) electrons. The van der Waals surface area contributed by atoms with Gasteiger partial charge in [-0.3, -0.25) is 4.57 Å². The third-order valence-corrected chi connectivity index (χ3v) is 3.41. The first-order chi connectivity index (χ1) is 10.4. The topological polar surface area (TPSA) is 91.8 Å². The molecule has 0 N–H and O–H groups in total. The van der Waals surface area contributed by atoms with Crippen LogP contribution >= 0.6 is 0 Å². The van der Waals surface area contributed by atoms with E-state index in [9.17, 15) is 0 Å². The molecule has 1 aliphatic heterocycles. The van der Waals surface area contributed by atoms with Gasteiger partial charge in [0.2, 0.25) is 0 Å². The number of ether oxygens (including phenoxy) is 1. The van der Waals surface area contributed by atoms with E-state index in [2.05, 4.69) is 25.3 Å². The summed E-state index contributed by atoms with van der Waals surface area (Å²) in [6, 6.07) is 3.68. The van der Waals surface area contributed by atoms with E-state index in [-0.39, 0.29) is 5.92 Å². The molecule has 0 spiro atoms. The van der Waals surface area contributed by atoms with Crippen molar-refractivity contribution in [3.05, 3.63) is 36.8 Å². The first-order valence-electron chi connectivity index (χ1n) is 6.63. The maximum Gasteiger partial charge on any atom is 0.258 e. The van der Waals surface area contributed by atoms with Crippen LogP contribution in [0.25, 0.3) is 17.3 Å².